The smallest absolute Gasteiger partial charge is 0.279 e. The van der Waals surface area contributed by atoms with Gasteiger partial charge in [0.25, 0.3) is 5.69 Å². The number of hydrogen-bond acceptors (Lipinski definition) is 7. The molecule has 2 aromatic carbocycles. The molecule has 1 atom stereocenters. The molecule has 1 aliphatic rings. The van der Waals surface area contributed by atoms with Crippen LogP contribution in [0.5, 0.6) is 11.5 Å². The fourth-order valence-corrected chi connectivity index (χ4v) is 3.77. The SMILES string of the molecule is CCOc1cc([C@H]2NC(=S)N(N)C(C)=C2C(C)=O)c([N+](=O)[O-])cc1OCc1ccccc1. The third kappa shape index (κ3) is 4.71. The molecule has 2 aromatic rings. The fourth-order valence-electron chi connectivity index (χ4n) is 3.52. The van der Waals surface area contributed by atoms with Crippen LogP contribution in [0.25, 0.3) is 0 Å². The van der Waals surface area contributed by atoms with Gasteiger partial charge in [-0.25, -0.2) is 5.84 Å². The number of thiocarbonyl (C=S) groups is 1. The second-order valence-electron chi connectivity index (χ2n) is 7.13. The molecule has 32 heavy (non-hydrogen) atoms. The minimum atomic E-state index is -0.859. The van der Waals surface area contributed by atoms with Crippen LogP contribution >= 0.6 is 12.2 Å². The van der Waals surface area contributed by atoms with Gasteiger partial charge in [-0.1, -0.05) is 30.3 Å². The predicted octanol–water partition coefficient (Wildman–Crippen LogP) is 3.54. The molecule has 0 aromatic heterocycles. The van der Waals surface area contributed by atoms with E-state index in [0.29, 0.717) is 18.1 Å². The van der Waals surface area contributed by atoms with Crippen LogP contribution in [0.2, 0.25) is 0 Å². The first-order valence-corrected chi connectivity index (χ1v) is 10.3. The van der Waals surface area contributed by atoms with Gasteiger partial charge in [0.2, 0.25) is 0 Å². The molecule has 1 heterocycles. The number of Topliss-reactive ketones (excluding diaryl/α,β-unsaturated/α-hetero) is 1. The third-order valence-corrected chi connectivity index (χ3v) is 5.36. The van der Waals surface area contributed by atoms with Crippen molar-refractivity contribution >= 4 is 28.8 Å². The van der Waals surface area contributed by atoms with Crippen LogP contribution in [0.1, 0.15) is 37.9 Å². The molecule has 0 unspecified atom stereocenters. The molecule has 0 amide bonds. The molecule has 0 saturated carbocycles. The van der Waals surface area contributed by atoms with Gasteiger partial charge in [-0.05, 0) is 44.6 Å². The molecule has 3 N–H and O–H groups in total. The average Bonchev–Trinajstić information content (AvgIpc) is 2.76. The topological polar surface area (TPSA) is 120 Å². The number of ketones is 1. The van der Waals surface area contributed by atoms with E-state index in [-0.39, 0.29) is 40.1 Å². The molecule has 0 fully saturated rings. The van der Waals surface area contributed by atoms with Crippen molar-refractivity contribution in [1.29, 1.82) is 0 Å². The Kier molecular flexibility index (Phi) is 7.06. The highest BCUT2D eigenvalue weighted by Crippen LogP contribution is 2.41. The molecule has 168 valence electrons. The highest BCUT2D eigenvalue weighted by Gasteiger charge is 2.36. The van der Waals surface area contributed by atoms with Gasteiger partial charge in [0.05, 0.1) is 29.2 Å². The van der Waals surface area contributed by atoms with Crippen molar-refractivity contribution in [2.75, 3.05) is 6.61 Å². The lowest BCUT2D eigenvalue weighted by Gasteiger charge is -2.34. The monoisotopic (exact) mass is 456 g/mol. The van der Waals surface area contributed by atoms with Crippen LogP contribution in [0.3, 0.4) is 0 Å². The summed E-state index contributed by atoms with van der Waals surface area (Å²) in [5.41, 5.74) is 1.60. The van der Waals surface area contributed by atoms with Crippen molar-refractivity contribution in [3.05, 3.63) is 75.0 Å². The van der Waals surface area contributed by atoms with Crippen molar-refractivity contribution in [3.63, 3.8) is 0 Å². The number of nitrogens with two attached hydrogens (primary N) is 1. The van der Waals surface area contributed by atoms with Crippen LogP contribution in [-0.4, -0.2) is 27.4 Å². The summed E-state index contributed by atoms with van der Waals surface area (Å²) in [7, 11) is 0. The van der Waals surface area contributed by atoms with Crippen LogP contribution in [-0.2, 0) is 11.4 Å². The number of nitro benzene ring substituents is 1. The van der Waals surface area contributed by atoms with Gasteiger partial charge in [0, 0.05) is 11.3 Å². The zero-order chi connectivity index (χ0) is 23.4. The van der Waals surface area contributed by atoms with E-state index in [9.17, 15) is 14.9 Å². The molecule has 3 rings (SSSR count). The van der Waals surface area contributed by atoms with Gasteiger partial charge in [-0.15, -0.1) is 0 Å². The number of carbonyl (C=O) groups is 1. The first-order valence-electron chi connectivity index (χ1n) is 9.93. The van der Waals surface area contributed by atoms with Crippen molar-refractivity contribution in [2.24, 2.45) is 5.84 Å². The number of rotatable bonds is 8. The number of hydrogen-bond donors (Lipinski definition) is 2. The fraction of sp³-hybridized carbons (Fsp3) is 0.273. The van der Waals surface area contributed by atoms with Crippen molar-refractivity contribution in [2.45, 2.75) is 33.4 Å². The van der Waals surface area contributed by atoms with E-state index in [2.05, 4.69) is 5.32 Å². The molecule has 0 spiro atoms. The summed E-state index contributed by atoms with van der Waals surface area (Å²) >= 11 is 5.26. The summed E-state index contributed by atoms with van der Waals surface area (Å²) in [6.45, 7) is 5.35. The number of ether oxygens (including phenoxy) is 2. The van der Waals surface area contributed by atoms with Gasteiger partial charge in [-0.3, -0.25) is 19.9 Å². The zero-order valence-electron chi connectivity index (χ0n) is 18.0. The Balaban J connectivity index is 2.11. The Morgan fingerprint density at radius 3 is 2.50 bits per heavy atom. The highest BCUT2D eigenvalue weighted by atomic mass is 32.1. The zero-order valence-corrected chi connectivity index (χ0v) is 18.8. The average molecular weight is 457 g/mol. The van der Waals surface area contributed by atoms with Crippen LogP contribution in [0, 0.1) is 10.1 Å². The Morgan fingerprint density at radius 2 is 1.91 bits per heavy atom. The van der Waals surface area contributed by atoms with E-state index in [4.69, 9.17) is 27.5 Å². The maximum absolute atomic E-state index is 12.4. The molecule has 9 nitrogen and oxygen atoms in total. The summed E-state index contributed by atoms with van der Waals surface area (Å²) < 4.78 is 11.6. The van der Waals surface area contributed by atoms with E-state index in [1.807, 2.05) is 30.3 Å². The van der Waals surface area contributed by atoms with E-state index in [1.165, 1.54) is 24.1 Å². The number of allylic oxidation sites excluding steroid dienone is 1. The van der Waals surface area contributed by atoms with Crippen LogP contribution in [0.4, 0.5) is 5.69 Å². The van der Waals surface area contributed by atoms with E-state index in [1.54, 1.807) is 13.8 Å². The first kappa shape index (κ1) is 23.2. The normalized spacial score (nSPS) is 15.9. The van der Waals surface area contributed by atoms with Crippen LogP contribution < -0.4 is 20.6 Å². The van der Waals surface area contributed by atoms with Crippen molar-refractivity contribution < 1.29 is 19.2 Å². The molecule has 0 bridgehead atoms. The van der Waals surface area contributed by atoms with E-state index in [0.717, 1.165) is 5.56 Å². The van der Waals surface area contributed by atoms with Crippen molar-refractivity contribution in [3.8, 4) is 11.5 Å². The minimum absolute atomic E-state index is 0.147. The predicted molar refractivity (Wildman–Crippen MR) is 123 cm³/mol. The molecule has 1 aliphatic heterocycles. The summed E-state index contributed by atoms with van der Waals surface area (Å²) in [6, 6.07) is 11.4. The number of benzene rings is 2. The molecule has 10 heteroatoms. The van der Waals surface area contributed by atoms with Gasteiger partial charge < -0.3 is 14.8 Å². The lowest BCUT2D eigenvalue weighted by atomic mass is 9.91. The molecule has 0 radical (unpaired) electrons. The lowest BCUT2D eigenvalue weighted by molar-refractivity contribution is -0.385. The van der Waals surface area contributed by atoms with Gasteiger partial charge in [-0.2, -0.15) is 0 Å². The maximum atomic E-state index is 12.4. The summed E-state index contributed by atoms with van der Waals surface area (Å²) in [6.07, 6.45) is 0. The Morgan fingerprint density at radius 1 is 1.25 bits per heavy atom. The first-order chi connectivity index (χ1) is 15.2. The minimum Gasteiger partial charge on any atom is -0.490 e. The second kappa shape index (κ2) is 9.75. The number of nitrogens with zero attached hydrogens (tertiary/aromatic N) is 2. The summed E-state index contributed by atoms with van der Waals surface area (Å²) in [4.78, 5) is 23.9. The third-order valence-electron chi connectivity index (χ3n) is 5.04. The highest BCUT2D eigenvalue weighted by molar-refractivity contribution is 7.80. The Bertz CT molecular complexity index is 1090. The van der Waals surface area contributed by atoms with Gasteiger partial charge in [0.1, 0.15) is 6.61 Å². The summed E-state index contributed by atoms with van der Waals surface area (Å²) in [5, 5.41) is 16.2. The van der Waals surface area contributed by atoms with E-state index >= 15 is 0 Å². The largest absolute Gasteiger partial charge is 0.490 e. The number of nitro groups is 1. The van der Waals surface area contributed by atoms with Crippen molar-refractivity contribution in [1.82, 2.24) is 10.3 Å². The van der Waals surface area contributed by atoms with Gasteiger partial charge in [0.15, 0.2) is 22.4 Å². The second-order valence-corrected chi connectivity index (χ2v) is 7.52. The van der Waals surface area contributed by atoms with E-state index < -0.39 is 11.0 Å². The Labute approximate surface area is 190 Å². The standard InChI is InChI=1S/C22H24N4O5S/c1-4-30-18-10-16(21-20(14(3)27)13(2)25(23)22(32)24-21)17(26(28)29)11-19(18)31-12-15-8-6-5-7-9-15/h5-11,21H,4,12,23H2,1-3H3,(H,24,32)/t21-/m1/s1. The molecule has 0 saturated heterocycles. The lowest BCUT2D eigenvalue weighted by Crippen LogP contribution is -2.50. The molecular weight excluding hydrogens is 432 g/mol. The molecule has 0 aliphatic carbocycles. The quantitative estimate of drug-likeness (QED) is 0.266. The summed E-state index contributed by atoms with van der Waals surface area (Å²) in [5.74, 6) is 6.20. The van der Waals surface area contributed by atoms with Crippen LogP contribution in [0.15, 0.2) is 53.7 Å². The number of nitrogens with one attached hydrogen (secondary N) is 1. The number of hydrazine groups is 1. The molecular formula is C22H24N4O5S. The Hall–Kier alpha value is -3.50. The number of carbonyl (C=O) groups excluding carboxylic acids is 1. The maximum Gasteiger partial charge on any atom is 0.279 e. The van der Waals surface area contributed by atoms with Gasteiger partial charge >= 0.3 is 0 Å².